The van der Waals surface area contributed by atoms with E-state index in [1.165, 1.54) is 25.0 Å². The molecule has 0 radical (unpaired) electrons. The molecule has 1 aliphatic carbocycles. The molecular formula is C23H28ClFN8. The summed E-state index contributed by atoms with van der Waals surface area (Å²) in [5, 5.41) is 14.5. The van der Waals surface area contributed by atoms with Crippen LogP contribution in [0.5, 0.6) is 0 Å². The third kappa shape index (κ3) is 5.36. The van der Waals surface area contributed by atoms with Gasteiger partial charge in [0.05, 0.1) is 0 Å². The maximum atomic E-state index is 13.2. The van der Waals surface area contributed by atoms with Crippen molar-refractivity contribution in [2.45, 2.75) is 25.2 Å². The maximum absolute atomic E-state index is 13.2. The maximum Gasteiger partial charge on any atom is 0.226 e. The van der Waals surface area contributed by atoms with E-state index in [4.69, 9.17) is 16.6 Å². The van der Waals surface area contributed by atoms with Crippen molar-refractivity contribution in [1.82, 2.24) is 25.1 Å². The van der Waals surface area contributed by atoms with E-state index in [9.17, 15) is 4.39 Å². The van der Waals surface area contributed by atoms with Crippen LogP contribution in [0.15, 0.2) is 30.3 Å². The van der Waals surface area contributed by atoms with Gasteiger partial charge < -0.3 is 20.4 Å². The second-order valence-corrected chi connectivity index (χ2v) is 9.11. The van der Waals surface area contributed by atoms with Crippen molar-refractivity contribution in [3.8, 4) is 0 Å². The first kappa shape index (κ1) is 21.9. The van der Waals surface area contributed by atoms with E-state index in [1.807, 2.05) is 6.07 Å². The monoisotopic (exact) mass is 470 g/mol. The predicted molar refractivity (Wildman–Crippen MR) is 129 cm³/mol. The lowest BCUT2D eigenvalue weighted by Gasteiger charge is -2.34. The Morgan fingerprint density at radius 1 is 1.12 bits per heavy atom. The molecule has 3 N–H and O–H groups in total. The minimum atomic E-state index is -0.233. The lowest BCUT2D eigenvalue weighted by Crippen LogP contribution is -2.45. The summed E-state index contributed by atoms with van der Waals surface area (Å²) in [6.07, 6.45) is 3.13. The number of benzene rings is 1. The SMILES string of the molecule is CN1CCN(c2nc(NCCc3ccc(F)cc3)nc(Nc3cc(C4CC4)[nH]n3)c2Cl)CC1. The quantitative estimate of drug-likeness (QED) is 0.458. The number of rotatable bonds is 8. The van der Waals surface area contributed by atoms with Gasteiger partial charge in [-0.3, -0.25) is 5.10 Å². The summed E-state index contributed by atoms with van der Waals surface area (Å²) in [5.41, 5.74) is 2.18. The van der Waals surface area contributed by atoms with Crippen LogP contribution in [0.25, 0.3) is 0 Å². The second kappa shape index (κ2) is 9.52. The largest absolute Gasteiger partial charge is 0.354 e. The molecule has 5 rings (SSSR count). The molecule has 33 heavy (non-hydrogen) atoms. The summed E-state index contributed by atoms with van der Waals surface area (Å²) < 4.78 is 13.2. The minimum Gasteiger partial charge on any atom is -0.354 e. The highest BCUT2D eigenvalue weighted by molar-refractivity contribution is 6.35. The molecule has 2 aromatic heterocycles. The van der Waals surface area contributed by atoms with Crippen LogP contribution in [0.3, 0.4) is 0 Å². The van der Waals surface area contributed by atoms with Gasteiger partial charge in [0.15, 0.2) is 17.5 Å². The highest BCUT2D eigenvalue weighted by Gasteiger charge is 2.26. The van der Waals surface area contributed by atoms with Crippen molar-refractivity contribution < 1.29 is 4.39 Å². The summed E-state index contributed by atoms with van der Waals surface area (Å²) in [4.78, 5) is 13.9. The molecule has 0 unspecified atom stereocenters. The van der Waals surface area contributed by atoms with E-state index in [-0.39, 0.29) is 5.82 Å². The molecule has 1 aliphatic heterocycles. The lowest BCUT2D eigenvalue weighted by atomic mass is 10.1. The average molecular weight is 471 g/mol. The number of piperazine rings is 1. The number of hydrogen-bond donors (Lipinski definition) is 3. The van der Waals surface area contributed by atoms with Crippen molar-refractivity contribution >= 4 is 35.0 Å². The Labute approximate surface area is 197 Å². The van der Waals surface area contributed by atoms with Crippen LogP contribution in [0.1, 0.15) is 30.0 Å². The van der Waals surface area contributed by atoms with Gasteiger partial charge in [0.1, 0.15) is 10.8 Å². The van der Waals surface area contributed by atoms with Crippen LogP contribution in [0, 0.1) is 5.82 Å². The third-order valence-electron chi connectivity index (χ3n) is 6.11. The Balaban J connectivity index is 1.35. The summed E-state index contributed by atoms with van der Waals surface area (Å²) in [6, 6.07) is 8.55. The van der Waals surface area contributed by atoms with E-state index in [2.05, 4.69) is 42.7 Å². The number of nitrogens with zero attached hydrogens (tertiary/aromatic N) is 5. The molecule has 10 heteroatoms. The zero-order chi connectivity index (χ0) is 22.8. The molecule has 2 aliphatic rings. The molecule has 8 nitrogen and oxygen atoms in total. The normalized spacial score (nSPS) is 16.8. The zero-order valence-electron chi connectivity index (χ0n) is 18.6. The molecule has 174 valence electrons. The minimum absolute atomic E-state index is 0.233. The summed E-state index contributed by atoms with van der Waals surface area (Å²) in [5.74, 6) is 2.78. The van der Waals surface area contributed by atoms with Crippen molar-refractivity contribution in [2.24, 2.45) is 0 Å². The van der Waals surface area contributed by atoms with E-state index < -0.39 is 0 Å². The number of nitrogens with one attached hydrogen (secondary N) is 3. The molecule has 2 fully saturated rings. The second-order valence-electron chi connectivity index (χ2n) is 8.73. The fourth-order valence-electron chi connectivity index (χ4n) is 3.92. The summed E-state index contributed by atoms with van der Waals surface area (Å²) >= 11 is 6.78. The van der Waals surface area contributed by atoms with Gasteiger partial charge >= 0.3 is 0 Å². The van der Waals surface area contributed by atoms with Gasteiger partial charge in [0.25, 0.3) is 0 Å². The molecule has 0 spiro atoms. The predicted octanol–water partition coefficient (Wildman–Crippen LogP) is 4.02. The van der Waals surface area contributed by atoms with E-state index in [0.717, 1.165) is 43.9 Å². The lowest BCUT2D eigenvalue weighted by molar-refractivity contribution is 0.312. The molecule has 0 amide bonds. The van der Waals surface area contributed by atoms with Crippen LogP contribution < -0.4 is 15.5 Å². The number of anilines is 4. The van der Waals surface area contributed by atoms with E-state index in [1.54, 1.807) is 12.1 Å². The first-order valence-electron chi connectivity index (χ1n) is 11.4. The standard InChI is InChI=1S/C23H28ClFN8/c1-32-10-12-33(13-11-32)22-20(24)21(27-19-14-18(30-31-19)16-4-5-16)28-23(29-22)26-9-8-15-2-6-17(25)7-3-15/h2-3,6-7,14,16H,4-5,8-13H2,1H3,(H3,26,27,28,29,30,31). The van der Waals surface area contributed by atoms with Gasteiger partial charge in [-0.15, -0.1) is 0 Å². The Morgan fingerprint density at radius 3 is 2.61 bits per heavy atom. The first-order chi connectivity index (χ1) is 16.0. The van der Waals surface area contributed by atoms with Crippen LogP contribution >= 0.6 is 11.6 Å². The van der Waals surface area contributed by atoms with Crippen molar-refractivity contribution in [1.29, 1.82) is 0 Å². The summed E-state index contributed by atoms with van der Waals surface area (Å²) in [7, 11) is 2.11. The van der Waals surface area contributed by atoms with Crippen molar-refractivity contribution in [3.63, 3.8) is 0 Å². The number of likely N-dealkylation sites (N-methyl/N-ethyl adjacent to an activating group) is 1. The van der Waals surface area contributed by atoms with Gasteiger partial charge in [-0.2, -0.15) is 15.1 Å². The number of H-pyrrole nitrogens is 1. The van der Waals surface area contributed by atoms with Gasteiger partial charge in [0.2, 0.25) is 5.95 Å². The highest BCUT2D eigenvalue weighted by Crippen LogP contribution is 2.40. The molecular weight excluding hydrogens is 443 g/mol. The van der Waals surface area contributed by atoms with Crippen molar-refractivity contribution in [2.75, 3.05) is 55.3 Å². The van der Waals surface area contributed by atoms with Crippen LogP contribution in [-0.4, -0.2) is 64.8 Å². The van der Waals surface area contributed by atoms with Crippen LogP contribution in [0.4, 0.5) is 27.8 Å². The average Bonchev–Trinajstić information content (AvgIpc) is 3.56. The van der Waals surface area contributed by atoms with E-state index >= 15 is 0 Å². The molecule has 1 aromatic carbocycles. The van der Waals surface area contributed by atoms with E-state index in [0.29, 0.717) is 40.9 Å². The molecule has 3 aromatic rings. The zero-order valence-corrected chi connectivity index (χ0v) is 19.4. The van der Waals surface area contributed by atoms with Crippen LogP contribution in [0.2, 0.25) is 5.02 Å². The van der Waals surface area contributed by atoms with Gasteiger partial charge in [0, 0.05) is 50.4 Å². The number of halogens is 2. The molecule has 3 heterocycles. The van der Waals surface area contributed by atoms with Crippen molar-refractivity contribution in [3.05, 3.63) is 52.4 Å². The number of hydrogen-bond acceptors (Lipinski definition) is 7. The first-order valence-corrected chi connectivity index (χ1v) is 11.7. The topological polar surface area (TPSA) is 85.0 Å². The van der Waals surface area contributed by atoms with Gasteiger partial charge in [-0.25, -0.2) is 4.39 Å². The fraction of sp³-hybridized carbons (Fsp3) is 0.435. The Bertz CT molecular complexity index is 1090. The summed E-state index contributed by atoms with van der Waals surface area (Å²) in [6.45, 7) is 4.19. The third-order valence-corrected chi connectivity index (χ3v) is 6.46. The Kier molecular flexibility index (Phi) is 6.32. The number of aromatic amines is 1. The fourth-order valence-corrected chi connectivity index (χ4v) is 4.17. The highest BCUT2D eigenvalue weighted by atomic mass is 35.5. The van der Waals surface area contributed by atoms with Gasteiger partial charge in [-0.05, 0) is 44.0 Å². The number of aromatic nitrogens is 4. The molecule has 0 atom stereocenters. The van der Waals surface area contributed by atoms with Gasteiger partial charge in [-0.1, -0.05) is 23.7 Å². The Morgan fingerprint density at radius 2 is 1.88 bits per heavy atom. The smallest absolute Gasteiger partial charge is 0.226 e. The molecule has 0 bridgehead atoms. The van der Waals surface area contributed by atoms with Crippen LogP contribution in [-0.2, 0) is 6.42 Å². The Hall–Kier alpha value is -2.91. The molecule has 1 saturated carbocycles. The molecule has 1 saturated heterocycles.